The van der Waals surface area contributed by atoms with Crippen molar-refractivity contribution in [1.29, 1.82) is 0 Å². The molecule has 1 aromatic carbocycles. The first kappa shape index (κ1) is 12.7. The maximum absolute atomic E-state index is 12.6. The standard InChI is InChI=1S/C16H22N2O/c1-12-14(8-5-11-17-12)18-15(19)16(9-10-16)13-6-3-2-4-7-13/h2-4,6-7,12,14,17H,5,8-11H2,1H3,(H,18,19). The number of hydrogen-bond donors (Lipinski definition) is 2. The monoisotopic (exact) mass is 258 g/mol. The number of hydrogen-bond acceptors (Lipinski definition) is 2. The quantitative estimate of drug-likeness (QED) is 0.870. The summed E-state index contributed by atoms with van der Waals surface area (Å²) < 4.78 is 0. The lowest BCUT2D eigenvalue weighted by atomic mass is 9.93. The molecule has 19 heavy (non-hydrogen) atoms. The third-order valence-corrected chi connectivity index (χ3v) is 4.59. The van der Waals surface area contributed by atoms with Gasteiger partial charge in [0.05, 0.1) is 5.41 Å². The fourth-order valence-electron chi connectivity index (χ4n) is 3.08. The molecule has 3 rings (SSSR count). The van der Waals surface area contributed by atoms with Gasteiger partial charge in [0.2, 0.25) is 5.91 Å². The van der Waals surface area contributed by atoms with Gasteiger partial charge in [-0.15, -0.1) is 0 Å². The summed E-state index contributed by atoms with van der Waals surface area (Å²) in [7, 11) is 0. The van der Waals surface area contributed by atoms with Crippen LogP contribution in [0.3, 0.4) is 0 Å². The fraction of sp³-hybridized carbons (Fsp3) is 0.562. The maximum atomic E-state index is 12.6. The molecule has 2 unspecified atom stereocenters. The van der Waals surface area contributed by atoms with Crippen LogP contribution in [0.5, 0.6) is 0 Å². The molecule has 2 atom stereocenters. The number of amides is 1. The first-order chi connectivity index (χ1) is 9.22. The Bertz CT molecular complexity index is 453. The van der Waals surface area contributed by atoms with E-state index in [0.717, 1.165) is 32.2 Å². The average Bonchev–Trinajstić information content (AvgIpc) is 3.24. The van der Waals surface area contributed by atoms with Gasteiger partial charge < -0.3 is 10.6 Å². The van der Waals surface area contributed by atoms with Gasteiger partial charge in [0.15, 0.2) is 0 Å². The molecule has 0 bridgehead atoms. The highest BCUT2D eigenvalue weighted by molar-refractivity contribution is 5.91. The topological polar surface area (TPSA) is 41.1 Å². The van der Waals surface area contributed by atoms with E-state index in [9.17, 15) is 4.79 Å². The molecule has 1 heterocycles. The molecule has 2 fully saturated rings. The van der Waals surface area contributed by atoms with E-state index in [4.69, 9.17) is 0 Å². The molecule has 102 valence electrons. The summed E-state index contributed by atoms with van der Waals surface area (Å²) in [5.41, 5.74) is 0.933. The Morgan fingerprint density at radius 3 is 2.68 bits per heavy atom. The van der Waals surface area contributed by atoms with Crippen molar-refractivity contribution >= 4 is 5.91 Å². The summed E-state index contributed by atoms with van der Waals surface area (Å²) in [6, 6.07) is 10.9. The third-order valence-electron chi connectivity index (χ3n) is 4.59. The minimum absolute atomic E-state index is 0.222. The van der Waals surface area contributed by atoms with E-state index in [2.05, 4.69) is 29.7 Å². The number of piperidine rings is 1. The van der Waals surface area contributed by atoms with E-state index in [0.29, 0.717) is 6.04 Å². The van der Waals surface area contributed by atoms with Crippen molar-refractivity contribution < 1.29 is 4.79 Å². The van der Waals surface area contributed by atoms with Gasteiger partial charge in [-0.05, 0) is 44.7 Å². The third kappa shape index (κ3) is 2.39. The zero-order valence-corrected chi connectivity index (χ0v) is 11.5. The SMILES string of the molecule is CC1NCCCC1NC(=O)C1(c2ccccc2)CC1. The maximum Gasteiger partial charge on any atom is 0.230 e. The number of rotatable bonds is 3. The number of carbonyl (C=O) groups excluding carboxylic acids is 1. The predicted octanol–water partition coefficient (Wildman–Crippen LogP) is 1.97. The summed E-state index contributed by atoms with van der Waals surface area (Å²) >= 11 is 0. The molecule has 2 aliphatic rings. The van der Waals surface area contributed by atoms with Crippen molar-refractivity contribution in [3.63, 3.8) is 0 Å². The molecule has 1 aliphatic heterocycles. The molecule has 1 amide bonds. The van der Waals surface area contributed by atoms with Gasteiger partial charge in [-0.3, -0.25) is 4.79 Å². The lowest BCUT2D eigenvalue weighted by Crippen LogP contribution is -2.53. The van der Waals surface area contributed by atoms with Crippen molar-refractivity contribution in [3.8, 4) is 0 Å². The normalized spacial score (nSPS) is 28.7. The van der Waals surface area contributed by atoms with Gasteiger partial charge in [-0.1, -0.05) is 30.3 Å². The van der Waals surface area contributed by atoms with Crippen LogP contribution in [0.15, 0.2) is 30.3 Å². The number of carbonyl (C=O) groups is 1. The average molecular weight is 258 g/mol. The summed E-state index contributed by atoms with van der Waals surface area (Å²) in [6.07, 6.45) is 4.20. The molecule has 1 saturated carbocycles. The van der Waals surface area contributed by atoms with Gasteiger partial charge in [0.1, 0.15) is 0 Å². The van der Waals surface area contributed by atoms with Gasteiger partial charge in [-0.25, -0.2) is 0 Å². The van der Waals surface area contributed by atoms with E-state index in [1.807, 2.05) is 18.2 Å². The summed E-state index contributed by atoms with van der Waals surface area (Å²) in [5.74, 6) is 0.222. The second kappa shape index (κ2) is 4.97. The molecule has 1 aliphatic carbocycles. The van der Waals surface area contributed by atoms with Crippen LogP contribution in [0.1, 0.15) is 38.2 Å². The Kier molecular flexibility index (Phi) is 3.31. The molecule has 0 radical (unpaired) electrons. The largest absolute Gasteiger partial charge is 0.351 e. The smallest absolute Gasteiger partial charge is 0.230 e. The van der Waals surface area contributed by atoms with E-state index in [-0.39, 0.29) is 17.4 Å². The van der Waals surface area contributed by atoms with Crippen LogP contribution in [-0.2, 0) is 10.2 Å². The van der Waals surface area contributed by atoms with Crippen molar-refractivity contribution in [3.05, 3.63) is 35.9 Å². The lowest BCUT2D eigenvalue weighted by molar-refractivity contribution is -0.124. The molecule has 2 N–H and O–H groups in total. The molecule has 0 spiro atoms. The van der Waals surface area contributed by atoms with Crippen LogP contribution in [0.4, 0.5) is 0 Å². The second-order valence-corrected chi connectivity index (χ2v) is 5.91. The number of benzene rings is 1. The van der Waals surface area contributed by atoms with Gasteiger partial charge in [0, 0.05) is 12.1 Å². The van der Waals surface area contributed by atoms with Crippen LogP contribution in [0.2, 0.25) is 0 Å². The highest BCUT2D eigenvalue weighted by atomic mass is 16.2. The van der Waals surface area contributed by atoms with Gasteiger partial charge in [0.25, 0.3) is 0 Å². The molecule has 1 aromatic rings. The number of nitrogens with one attached hydrogen (secondary N) is 2. The molecular weight excluding hydrogens is 236 g/mol. The van der Waals surface area contributed by atoms with Crippen LogP contribution in [-0.4, -0.2) is 24.5 Å². The Balaban J connectivity index is 1.70. The molecular formula is C16H22N2O. The van der Waals surface area contributed by atoms with Crippen LogP contribution < -0.4 is 10.6 Å². The lowest BCUT2D eigenvalue weighted by Gasteiger charge is -2.32. The second-order valence-electron chi connectivity index (χ2n) is 5.91. The van der Waals surface area contributed by atoms with Crippen molar-refractivity contribution in [1.82, 2.24) is 10.6 Å². The van der Waals surface area contributed by atoms with Gasteiger partial charge >= 0.3 is 0 Å². The highest BCUT2D eigenvalue weighted by Crippen LogP contribution is 2.48. The Morgan fingerprint density at radius 2 is 2.05 bits per heavy atom. The Hall–Kier alpha value is -1.35. The zero-order chi connectivity index (χ0) is 13.3. The predicted molar refractivity (Wildman–Crippen MR) is 76.0 cm³/mol. The summed E-state index contributed by atoms with van der Waals surface area (Å²) in [5, 5.41) is 6.70. The van der Waals surface area contributed by atoms with E-state index >= 15 is 0 Å². The van der Waals surface area contributed by atoms with Crippen LogP contribution >= 0.6 is 0 Å². The molecule has 3 nitrogen and oxygen atoms in total. The van der Waals surface area contributed by atoms with Crippen molar-refractivity contribution in [2.45, 2.75) is 50.1 Å². The van der Waals surface area contributed by atoms with E-state index in [1.165, 1.54) is 5.56 Å². The first-order valence-corrected chi connectivity index (χ1v) is 7.32. The van der Waals surface area contributed by atoms with Crippen molar-refractivity contribution in [2.75, 3.05) is 6.54 Å². The van der Waals surface area contributed by atoms with Gasteiger partial charge in [-0.2, -0.15) is 0 Å². The minimum atomic E-state index is -0.238. The van der Waals surface area contributed by atoms with Crippen LogP contribution in [0.25, 0.3) is 0 Å². The van der Waals surface area contributed by atoms with Crippen LogP contribution in [0, 0.1) is 0 Å². The highest BCUT2D eigenvalue weighted by Gasteiger charge is 2.51. The van der Waals surface area contributed by atoms with Crippen molar-refractivity contribution in [2.24, 2.45) is 0 Å². The summed E-state index contributed by atoms with van der Waals surface area (Å²) in [6.45, 7) is 3.23. The molecule has 0 aromatic heterocycles. The van der Waals surface area contributed by atoms with E-state index < -0.39 is 0 Å². The fourth-order valence-corrected chi connectivity index (χ4v) is 3.08. The Labute approximate surface area is 114 Å². The first-order valence-electron chi connectivity index (χ1n) is 7.32. The summed E-state index contributed by atoms with van der Waals surface area (Å²) in [4.78, 5) is 12.6. The Morgan fingerprint density at radius 1 is 1.32 bits per heavy atom. The molecule has 1 saturated heterocycles. The zero-order valence-electron chi connectivity index (χ0n) is 11.5. The minimum Gasteiger partial charge on any atom is -0.351 e. The molecule has 3 heteroatoms. The van der Waals surface area contributed by atoms with E-state index in [1.54, 1.807) is 0 Å².